The normalized spacial score (nSPS) is 12.3. The Bertz CT molecular complexity index is 447. The Labute approximate surface area is 240 Å². The maximum atomic E-state index is 11.5. The topological polar surface area (TPSA) is 37.3 Å². The Hall–Kier alpha value is -0.370. The number of hydrogen-bond acceptors (Lipinski definition) is 2. The van der Waals surface area contributed by atoms with Crippen molar-refractivity contribution in [2.24, 2.45) is 0 Å². The first-order valence-corrected chi connectivity index (χ1v) is 17.9. The SMILES string of the molecule is CCCCC(O)CCCCCCCCCCCCCCCCCCCCCCCCCCCC(=O)CCC. The fourth-order valence-electron chi connectivity index (χ4n) is 5.76. The number of Topliss-reactive ketones (excluding diaryl/α,β-unsaturated/α-hetero) is 1. The van der Waals surface area contributed by atoms with E-state index in [0.29, 0.717) is 5.78 Å². The van der Waals surface area contributed by atoms with Crippen molar-refractivity contribution in [3.63, 3.8) is 0 Å². The molecule has 0 heterocycles. The average molecular weight is 537 g/mol. The summed E-state index contributed by atoms with van der Waals surface area (Å²) in [6, 6.07) is 0. The van der Waals surface area contributed by atoms with E-state index in [-0.39, 0.29) is 6.10 Å². The molecular formula is C36H72O2. The molecule has 0 spiro atoms. The van der Waals surface area contributed by atoms with E-state index in [9.17, 15) is 9.90 Å². The molecule has 0 saturated carbocycles. The molecule has 38 heavy (non-hydrogen) atoms. The second-order valence-electron chi connectivity index (χ2n) is 12.5. The zero-order valence-electron chi connectivity index (χ0n) is 26.6. The summed E-state index contributed by atoms with van der Waals surface area (Å²) in [5, 5.41) is 9.88. The van der Waals surface area contributed by atoms with Crippen LogP contribution < -0.4 is 0 Å². The van der Waals surface area contributed by atoms with Crippen LogP contribution in [0.1, 0.15) is 219 Å². The molecule has 228 valence electrons. The lowest BCUT2D eigenvalue weighted by atomic mass is 10.0. The summed E-state index contributed by atoms with van der Waals surface area (Å²) in [5.74, 6) is 0.470. The summed E-state index contributed by atoms with van der Waals surface area (Å²) < 4.78 is 0. The van der Waals surface area contributed by atoms with Crippen LogP contribution in [0.5, 0.6) is 0 Å². The van der Waals surface area contributed by atoms with Crippen LogP contribution in [-0.4, -0.2) is 17.0 Å². The zero-order valence-corrected chi connectivity index (χ0v) is 26.6. The van der Waals surface area contributed by atoms with Gasteiger partial charge < -0.3 is 5.11 Å². The molecule has 1 unspecified atom stereocenters. The molecule has 0 aliphatic carbocycles. The molecule has 0 aliphatic heterocycles. The number of carbonyl (C=O) groups is 1. The second kappa shape index (κ2) is 32.8. The van der Waals surface area contributed by atoms with Gasteiger partial charge in [-0.1, -0.05) is 181 Å². The lowest BCUT2D eigenvalue weighted by Gasteiger charge is -2.09. The Balaban J connectivity index is 3.08. The highest BCUT2D eigenvalue weighted by Gasteiger charge is 2.03. The van der Waals surface area contributed by atoms with Crippen LogP contribution in [0, 0.1) is 0 Å². The quantitative estimate of drug-likeness (QED) is 0.0847. The van der Waals surface area contributed by atoms with Gasteiger partial charge in [0.1, 0.15) is 5.78 Å². The Morgan fingerprint density at radius 1 is 0.395 bits per heavy atom. The zero-order chi connectivity index (χ0) is 27.8. The highest BCUT2D eigenvalue weighted by atomic mass is 16.3. The molecule has 0 aromatic heterocycles. The summed E-state index contributed by atoms with van der Waals surface area (Å²) in [4.78, 5) is 11.5. The summed E-state index contributed by atoms with van der Waals surface area (Å²) >= 11 is 0. The van der Waals surface area contributed by atoms with Crippen molar-refractivity contribution in [2.45, 2.75) is 225 Å². The van der Waals surface area contributed by atoms with Crippen molar-refractivity contribution >= 4 is 5.78 Å². The van der Waals surface area contributed by atoms with Gasteiger partial charge in [0.25, 0.3) is 0 Å². The summed E-state index contributed by atoms with van der Waals surface area (Å²) in [5.41, 5.74) is 0. The van der Waals surface area contributed by atoms with Crippen molar-refractivity contribution in [1.29, 1.82) is 0 Å². The molecule has 2 nitrogen and oxygen atoms in total. The van der Waals surface area contributed by atoms with Crippen molar-refractivity contribution in [3.8, 4) is 0 Å². The summed E-state index contributed by atoms with van der Waals surface area (Å²) in [6.45, 7) is 4.29. The maximum Gasteiger partial charge on any atom is 0.132 e. The molecule has 1 N–H and O–H groups in total. The number of ketones is 1. The van der Waals surface area contributed by atoms with E-state index in [1.165, 1.54) is 167 Å². The monoisotopic (exact) mass is 537 g/mol. The first-order chi connectivity index (χ1) is 18.7. The first kappa shape index (κ1) is 37.6. The van der Waals surface area contributed by atoms with Crippen molar-refractivity contribution in [1.82, 2.24) is 0 Å². The third kappa shape index (κ3) is 31.8. The van der Waals surface area contributed by atoms with E-state index in [4.69, 9.17) is 0 Å². The number of aliphatic hydroxyl groups is 1. The largest absolute Gasteiger partial charge is 0.393 e. The van der Waals surface area contributed by atoms with Crippen LogP contribution in [0.15, 0.2) is 0 Å². The van der Waals surface area contributed by atoms with Crippen LogP contribution in [0.3, 0.4) is 0 Å². The van der Waals surface area contributed by atoms with E-state index in [0.717, 1.165) is 38.5 Å². The fourth-order valence-corrected chi connectivity index (χ4v) is 5.76. The predicted octanol–water partition coefficient (Wildman–Crippen LogP) is 12.4. The molecule has 0 aliphatic rings. The second-order valence-corrected chi connectivity index (χ2v) is 12.5. The van der Waals surface area contributed by atoms with Crippen LogP contribution in [0.4, 0.5) is 0 Å². The van der Waals surface area contributed by atoms with Crippen molar-refractivity contribution in [3.05, 3.63) is 0 Å². The van der Waals surface area contributed by atoms with E-state index >= 15 is 0 Å². The number of carbonyl (C=O) groups excluding carboxylic acids is 1. The molecule has 0 amide bonds. The van der Waals surface area contributed by atoms with Gasteiger partial charge in [0, 0.05) is 12.8 Å². The minimum Gasteiger partial charge on any atom is -0.393 e. The lowest BCUT2D eigenvalue weighted by Crippen LogP contribution is -2.05. The van der Waals surface area contributed by atoms with Gasteiger partial charge in [0.2, 0.25) is 0 Å². The highest BCUT2D eigenvalue weighted by Crippen LogP contribution is 2.17. The number of aliphatic hydroxyl groups excluding tert-OH is 1. The number of unbranched alkanes of at least 4 members (excludes halogenated alkanes) is 25. The molecule has 0 radical (unpaired) electrons. The minimum absolute atomic E-state index is 0.0399. The van der Waals surface area contributed by atoms with Gasteiger partial charge in [-0.2, -0.15) is 0 Å². The maximum absolute atomic E-state index is 11.5. The van der Waals surface area contributed by atoms with Crippen LogP contribution >= 0.6 is 0 Å². The van der Waals surface area contributed by atoms with Gasteiger partial charge in [-0.05, 0) is 25.7 Å². The van der Waals surface area contributed by atoms with Crippen molar-refractivity contribution in [2.75, 3.05) is 0 Å². The van der Waals surface area contributed by atoms with Gasteiger partial charge in [0.15, 0.2) is 0 Å². The molecule has 0 aromatic carbocycles. The highest BCUT2D eigenvalue weighted by molar-refractivity contribution is 5.78. The van der Waals surface area contributed by atoms with Gasteiger partial charge in [-0.3, -0.25) is 4.79 Å². The van der Waals surface area contributed by atoms with E-state index in [1.807, 2.05) is 0 Å². The third-order valence-corrected chi connectivity index (χ3v) is 8.41. The van der Waals surface area contributed by atoms with Crippen molar-refractivity contribution < 1.29 is 9.90 Å². The fraction of sp³-hybridized carbons (Fsp3) is 0.972. The molecule has 0 bridgehead atoms. The Morgan fingerprint density at radius 3 is 1.00 bits per heavy atom. The molecule has 2 heteroatoms. The molecule has 0 fully saturated rings. The number of rotatable bonds is 33. The number of hydrogen-bond donors (Lipinski definition) is 1. The van der Waals surface area contributed by atoms with E-state index < -0.39 is 0 Å². The van der Waals surface area contributed by atoms with Crippen LogP contribution in [0.25, 0.3) is 0 Å². The molecule has 0 aromatic rings. The molecule has 0 saturated heterocycles. The van der Waals surface area contributed by atoms with Gasteiger partial charge in [0.05, 0.1) is 6.10 Å². The molecule has 1 atom stereocenters. The van der Waals surface area contributed by atoms with Crippen LogP contribution in [-0.2, 0) is 4.79 Å². The molecular weight excluding hydrogens is 464 g/mol. The van der Waals surface area contributed by atoms with E-state index in [2.05, 4.69) is 13.8 Å². The summed E-state index contributed by atoms with van der Waals surface area (Å²) in [6.07, 6.45) is 41.9. The lowest BCUT2D eigenvalue weighted by molar-refractivity contribution is -0.119. The smallest absolute Gasteiger partial charge is 0.132 e. The van der Waals surface area contributed by atoms with Gasteiger partial charge in [-0.25, -0.2) is 0 Å². The predicted molar refractivity (Wildman–Crippen MR) is 170 cm³/mol. The van der Waals surface area contributed by atoms with E-state index in [1.54, 1.807) is 0 Å². The third-order valence-electron chi connectivity index (χ3n) is 8.41. The van der Waals surface area contributed by atoms with Gasteiger partial charge >= 0.3 is 0 Å². The average Bonchev–Trinajstić information content (AvgIpc) is 2.91. The first-order valence-electron chi connectivity index (χ1n) is 17.9. The van der Waals surface area contributed by atoms with Crippen LogP contribution in [0.2, 0.25) is 0 Å². The standard InChI is InChI=1S/C36H72O2/c1-3-5-32-36(38)34-30-28-26-24-22-20-18-16-14-12-10-8-6-7-9-11-13-15-17-19-21-23-25-27-29-33-35(37)31-4-2/h36,38H,3-34H2,1-2H3. The van der Waals surface area contributed by atoms with Gasteiger partial charge in [-0.15, -0.1) is 0 Å². The Kier molecular flexibility index (Phi) is 32.5. The molecule has 0 rings (SSSR count). The minimum atomic E-state index is -0.0399. The summed E-state index contributed by atoms with van der Waals surface area (Å²) in [7, 11) is 0. The Morgan fingerprint density at radius 2 is 0.684 bits per heavy atom.